The highest BCUT2D eigenvalue weighted by molar-refractivity contribution is 7.12. The third-order valence-electron chi connectivity index (χ3n) is 3.03. The standard InChI is InChI=1S/C13H18ClN3S/c1-8-5-6-12(18-8)9(2)15-7-11-13(14)10(3)16-17(11)4/h5-6,9,15H,7H2,1-4H3. The molecule has 1 N–H and O–H groups in total. The molecule has 1 unspecified atom stereocenters. The number of hydrogen-bond acceptors (Lipinski definition) is 3. The van der Waals surface area contributed by atoms with Gasteiger partial charge in [0.25, 0.3) is 0 Å². The molecule has 0 saturated carbocycles. The molecule has 2 rings (SSSR count). The number of nitrogens with zero attached hydrogens (tertiary/aromatic N) is 2. The average molecular weight is 284 g/mol. The van der Waals surface area contributed by atoms with E-state index < -0.39 is 0 Å². The summed E-state index contributed by atoms with van der Waals surface area (Å²) in [4.78, 5) is 2.69. The van der Waals surface area contributed by atoms with Crippen molar-refractivity contribution in [1.82, 2.24) is 15.1 Å². The Kier molecular flexibility index (Phi) is 4.10. The second-order valence-corrected chi connectivity index (χ2v) is 6.22. The lowest BCUT2D eigenvalue weighted by Crippen LogP contribution is -2.19. The van der Waals surface area contributed by atoms with Gasteiger partial charge in [0.1, 0.15) is 0 Å². The van der Waals surface area contributed by atoms with Crippen molar-refractivity contribution in [3.63, 3.8) is 0 Å². The highest BCUT2D eigenvalue weighted by atomic mass is 35.5. The molecular weight excluding hydrogens is 266 g/mol. The van der Waals surface area contributed by atoms with Crippen LogP contribution in [0.5, 0.6) is 0 Å². The third-order valence-corrected chi connectivity index (χ3v) is 4.70. The van der Waals surface area contributed by atoms with Gasteiger partial charge < -0.3 is 5.32 Å². The van der Waals surface area contributed by atoms with E-state index in [0.717, 1.165) is 23.0 Å². The van der Waals surface area contributed by atoms with Crippen LogP contribution in [0.15, 0.2) is 12.1 Å². The zero-order valence-corrected chi connectivity index (χ0v) is 12.7. The van der Waals surface area contributed by atoms with Crippen molar-refractivity contribution in [1.29, 1.82) is 0 Å². The van der Waals surface area contributed by atoms with Gasteiger partial charge in [-0.1, -0.05) is 11.6 Å². The zero-order valence-electron chi connectivity index (χ0n) is 11.1. The fourth-order valence-electron chi connectivity index (χ4n) is 1.91. The van der Waals surface area contributed by atoms with E-state index in [1.807, 2.05) is 30.0 Å². The summed E-state index contributed by atoms with van der Waals surface area (Å²) in [7, 11) is 1.93. The second-order valence-electron chi connectivity index (χ2n) is 4.52. The molecule has 18 heavy (non-hydrogen) atoms. The SMILES string of the molecule is Cc1ccc(C(C)NCc2c(Cl)c(C)nn2C)s1. The maximum Gasteiger partial charge on any atom is 0.0860 e. The highest BCUT2D eigenvalue weighted by Gasteiger charge is 2.13. The van der Waals surface area contributed by atoms with Gasteiger partial charge in [-0.25, -0.2) is 0 Å². The molecule has 0 bridgehead atoms. The van der Waals surface area contributed by atoms with E-state index >= 15 is 0 Å². The van der Waals surface area contributed by atoms with Crippen LogP contribution in [-0.2, 0) is 13.6 Å². The largest absolute Gasteiger partial charge is 0.304 e. The number of nitrogens with one attached hydrogen (secondary N) is 1. The Morgan fingerprint density at radius 2 is 2.17 bits per heavy atom. The Morgan fingerprint density at radius 1 is 1.44 bits per heavy atom. The van der Waals surface area contributed by atoms with Crippen LogP contribution >= 0.6 is 22.9 Å². The maximum atomic E-state index is 6.23. The van der Waals surface area contributed by atoms with E-state index in [4.69, 9.17) is 11.6 Å². The summed E-state index contributed by atoms with van der Waals surface area (Å²) in [5, 5.41) is 8.56. The van der Waals surface area contributed by atoms with Crippen LogP contribution < -0.4 is 5.32 Å². The van der Waals surface area contributed by atoms with Crippen LogP contribution in [-0.4, -0.2) is 9.78 Å². The van der Waals surface area contributed by atoms with E-state index in [1.54, 1.807) is 0 Å². The first-order chi connectivity index (χ1) is 8.49. The normalized spacial score (nSPS) is 12.9. The maximum absolute atomic E-state index is 6.23. The number of rotatable bonds is 4. The molecule has 0 fully saturated rings. The molecule has 2 aromatic heterocycles. The topological polar surface area (TPSA) is 29.9 Å². The summed E-state index contributed by atoms with van der Waals surface area (Å²) in [6.45, 7) is 6.96. The van der Waals surface area contributed by atoms with Crippen molar-refractivity contribution >= 4 is 22.9 Å². The molecule has 2 heterocycles. The lowest BCUT2D eigenvalue weighted by molar-refractivity contribution is 0.554. The Hall–Kier alpha value is -0.840. The van der Waals surface area contributed by atoms with Gasteiger partial charge in [-0.05, 0) is 32.9 Å². The minimum absolute atomic E-state index is 0.329. The lowest BCUT2D eigenvalue weighted by Gasteiger charge is -2.12. The number of aryl methyl sites for hydroxylation is 3. The van der Waals surface area contributed by atoms with Gasteiger partial charge >= 0.3 is 0 Å². The summed E-state index contributed by atoms with van der Waals surface area (Å²) in [5.41, 5.74) is 1.92. The monoisotopic (exact) mass is 283 g/mol. The summed E-state index contributed by atoms with van der Waals surface area (Å²) in [5.74, 6) is 0. The highest BCUT2D eigenvalue weighted by Crippen LogP contribution is 2.24. The van der Waals surface area contributed by atoms with Crippen LogP contribution in [0.1, 0.15) is 34.1 Å². The van der Waals surface area contributed by atoms with Crippen molar-refractivity contribution in [2.24, 2.45) is 7.05 Å². The number of halogens is 1. The first-order valence-corrected chi connectivity index (χ1v) is 7.16. The molecule has 0 aromatic carbocycles. The van der Waals surface area contributed by atoms with Gasteiger partial charge in [-0.2, -0.15) is 5.10 Å². The molecule has 0 saturated heterocycles. The zero-order chi connectivity index (χ0) is 13.3. The second kappa shape index (κ2) is 5.43. The molecule has 5 heteroatoms. The number of hydrogen-bond donors (Lipinski definition) is 1. The van der Waals surface area contributed by atoms with Gasteiger partial charge in [0, 0.05) is 29.4 Å². The molecule has 0 aliphatic carbocycles. The van der Waals surface area contributed by atoms with E-state index in [-0.39, 0.29) is 0 Å². The van der Waals surface area contributed by atoms with E-state index in [1.165, 1.54) is 9.75 Å². The van der Waals surface area contributed by atoms with Crippen molar-refractivity contribution < 1.29 is 0 Å². The molecule has 0 aliphatic rings. The number of aromatic nitrogens is 2. The van der Waals surface area contributed by atoms with Gasteiger partial charge in [0.05, 0.1) is 16.4 Å². The van der Waals surface area contributed by atoms with Gasteiger partial charge in [-0.3, -0.25) is 4.68 Å². The van der Waals surface area contributed by atoms with Crippen molar-refractivity contribution in [2.75, 3.05) is 0 Å². The van der Waals surface area contributed by atoms with E-state index in [2.05, 4.69) is 36.4 Å². The predicted octanol–water partition coefficient (Wildman–Crippen LogP) is 3.60. The quantitative estimate of drug-likeness (QED) is 0.929. The Labute approximate surface area is 117 Å². The summed E-state index contributed by atoms with van der Waals surface area (Å²) < 4.78 is 1.84. The smallest absolute Gasteiger partial charge is 0.0860 e. The molecule has 98 valence electrons. The molecular formula is C13H18ClN3S. The number of thiophene rings is 1. The Morgan fingerprint density at radius 3 is 2.67 bits per heavy atom. The summed E-state index contributed by atoms with van der Waals surface area (Å²) in [6, 6.07) is 4.66. The average Bonchev–Trinajstić information content (AvgIpc) is 2.83. The minimum Gasteiger partial charge on any atom is -0.304 e. The third kappa shape index (κ3) is 2.76. The Balaban J connectivity index is 2.03. The van der Waals surface area contributed by atoms with Crippen LogP contribution in [0, 0.1) is 13.8 Å². The first-order valence-electron chi connectivity index (χ1n) is 5.96. The lowest BCUT2D eigenvalue weighted by atomic mass is 10.2. The minimum atomic E-state index is 0.329. The van der Waals surface area contributed by atoms with Crippen molar-refractivity contribution in [3.05, 3.63) is 38.3 Å². The molecule has 1 atom stereocenters. The molecule has 0 radical (unpaired) electrons. The predicted molar refractivity (Wildman–Crippen MR) is 77.3 cm³/mol. The van der Waals surface area contributed by atoms with Crippen LogP contribution in [0.25, 0.3) is 0 Å². The van der Waals surface area contributed by atoms with Crippen LogP contribution in [0.3, 0.4) is 0 Å². The molecule has 0 aliphatic heterocycles. The fourth-order valence-corrected chi connectivity index (χ4v) is 3.04. The van der Waals surface area contributed by atoms with Gasteiger partial charge in [0.2, 0.25) is 0 Å². The Bertz CT molecular complexity index is 544. The first kappa shape index (κ1) is 13.6. The van der Waals surface area contributed by atoms with Crippen LogP contribution in [0.4, 0.5) is 0 Å². The molecule has 0 amide bonds. The molecule has 3 nitrogen and oxygen atoms in total. The fraction of sp³-hybridized carbons (Fsp3) is 0.462. The summed E-state index contributed by atoms with van der Waals surface area (Å²) in [6.07, 6.45) is 0. The van der Waals surface area contributed by atoms with E-state index in [0.29, 0.717) is 6.04 Å². The van der Waals surface area contributed by atoms with Gasteiger partial charge in [-0.15, -0.1) is 11.3 Å². The summed E-state index contributed by atoms with van der Waals surface area (Å²) >= 11 is 8.05. The van der Waals surface area contributed by atoms with E-state index in [9.17, 15) is 0 Å². The van der Waals surface area contributed by atoms with Crippen molar-refractivity contribution in [2.45, 2.75) is 33.4 Å². The van der Waals surface area contributed by atoms with Crippen molar-refractivity contribution in [3.8, 4) is 0 Å². The molecule has 2 aromatic rings. The van der Waals surface area contributed by atoms with Gasteiger partial charge in [0.15, 0.2) is 0 Å². The van der Waals surface area contributed by atoms with Crippen LogP contribution in [0.2, 0.25) is 5.02 Å². The molecule has 0 spiro atoms.